The SMILES string of the molecule is CC(C)(C)OC(=O)ON1CCC(c2ccc(OCc3nnc(-c4ccccc4)o3)cc2)C(OCc2ccc3ccccc3c2)C1. The van der Waals surface area contributed by atoms with Crippen LogP contribution >= 0.6 is 0 Å². The highest BCUT2D eigenvalue weighted by Gasteiger charge is 2.34. The van der Waals surface area contributed by atoms with Crippen molar-refractivity contribution >= 4 is 16.9 Å². The number of benzene rings is 4. The molecule has 2 heterocycles. The molecule has 232 valence electrons. The molecule has 2 atom stereocenters. The zero-order chi connectivity index (χ0) is 31.2. The third-order valence-electron chi connectivity index (χ3n) is 7.55. The Balaban J connectivity index is 1.12. The maximum atomic E-state index is 12.4. The first kappa shape index (κ1) is 30.3. The van der Waals surface area contributed by atoms with E-state index in [0.29, 0.717) is 37.2 Å². The number of rotatable bonds is 9. The smallest absolute Gasteiger partial charge is 0.484 e. The lowest BCUT2D eigenvalue weighted by Gasteiger charge is -2.37. The van der Waals surface area contributed by atoms with Crippen molar-refractivity contribution in [3.05, 3.63) is 114 Å². The number of ether oxygens (including phenoxy) is 3. The number of piperidine rings is 1. The van der Waals surface area contributed by atoms with E-state index in [4.69, 9.17) is 23.5 Å². The monoisotopic (exact) mass is 607 g/mol. The lowest BCUT2D eigenvalue weighted by molar-refractivity contribution is -0.179. The van der Waals surface area contributed by atoms with Gasteiger partial charge in [0.25, 0.3) is 5.89 Å². The molecule has 1 aromatic heterocycles. The molecule has 0 bridgehead atoms. The number of hydrogen-bond donors (Lipinski definition) is 0. The van der Waals surface area contributed by atoms with Crippen molar-refractivity contribution in [1.29, 1.82) is 0 Å². The van der Waals surface area contributed by atoms with Crippen LogP contribution in [0.4, 0.5) is 4.79 Å². The Labute approximate surface area is 262 Å². The van der Waals surface area contributed by atoms with Crippen LogP contribution in [-0.2, 0) is 27.5 Å². The highest BCUT2D eigenvalue weighted by Crippen LogP contribution is 2.33. The van der Waals surface area contributed by atoms with Gasteiger partial charge in [-0.05, 0) is 79.4 Å². The summed E-state index contributed by atoms with van der Waals surface area (Å²) < 4.78 is 23.6. The molecule has 0 radical (unpaired) electrons. The van der Waals surface area contributed by atoms with Crippen LogP contribution in [0.25, 0.3) is 22.2 Å². The molecule has 45 heavy (non-hydrogen) atoms. The predicted octanol–water partition coefficient (Wildman–Crippen LogP) is 7.71. The summed E-state index contributed by atoms with van der Waals surface area (Å²) in [6, 6.07) is 32.2. The largest absolute Gasteiger partial charge is 0.528 e. The summed E-state index contributed by atoms with van der Waals surface area (Å²) in [7, 11) is 0. The molecule has 9 nitrogen and oxygen atoms in total. The van der Waals surface area contributed by atoms with Crippen LogP contribution in [-0.4, -0.2) is 46.2 Å². The minimum absolute atomic E-state index is 0.0855. The Morgan fingerprint density at radius 2 is 1.64 bits per heavy atom. The number of aromatic nitrogens is 2. The number of hydroxylamine groups is 2. The van der Waals surface area contributed by atoms with E-state index in [1.807, 2.05) is 75.4 Å². The third-order valence-corrected chi connectivity index (χ3v) is 7.55. The fourth-order valence-electron chi connectivity index (χ4n) is 5.39. The van der Waals surface area contributed by atoms with Crippen LogP contribution in [0.2, 0.25) is 0 Å². The Morgan fingerprint density at radius 1 is 0.889 bits per heavy atom. The van der Waals surface area contributed by atoms with Gasteiger partial charge >= 0.3 is 6.16 Å². The van der Waals surface area contributed by atoms with Crippen molar-refractivity contribution < 1.29 is 28.3 Å². The number of fused-ring (bicyclic) bond motifs is 1. The molecule has 1 aliphatic heterocycles. The number of nitrogens with zero attached hydrogens (tertiary/aromatic N) is 3. The van der Waals surface area contributed by atoms with Crippen LogP contribution in [0.5, 0.6) is 5.75 Å². The van der Waals surface area contributed by atoms with Crippen LogP contribution in [0.3, 0.4) is 0 Å². The number of carbonyl (C=O) groups is 1. The summed E-state index contributed by atoms with van der Waals surface area (Å²) in [4.78, 5) is 18.0. The van der Waals surface area contributed by atoms with Gasteiger partial charge in [-0.25, -0.2) is 4.79 Å². The normalized spacial score (nSPS) is 17.2. The molecule has 4 aromatic carbocycles. The Hall–Kier alpha value is -4.73. The molecule has 0 spiro atoms. The molecule has 1 saturated heterocycles. The lowest BCUT2D eigenvalue weighted by Crippen LogP contribution is -2.45. The molecule has 5 aromatic rings. The van der Waals surface area contributed by atoms with Gasteiger partial charge in [-0.3, -0.25) is 0 Å². The van der Waals surface area contributed by atoms with E-state index in [1.165, 1.54) is 10.8 Å². The second kappa shape index (κ2) is 13.5. The summed E-state index contributed by atoms with van der Waals surface area (Å²) in [5.74, 6) is 1.64. The van der Waals surface area contributed by atoms with Crippen LogP contribution in [0.1, 0.15) is 50.1 Å². The van der Waals surface area contributed by atoms with E-state index in [9.17, 15) is 4.79 Å². The summed E-state index contributed by atoms with van der Waals surface area (Å²) in [5, 5.41) is 12.2. The van der Waals surface area contributed by atoms with E-state index in [2.05, 4.69) is 52.7 Å². The maximum absolute atomic E-state index is 12.4. The zero-order valence-corrected chi connectivity index (χ0v) is 25.7. The van der Waals surface area contributed by atoms with Crippen molar-refractivity contribution in [1.82, 2.24) is 15.3 Å². The molecule has 0 aliphatic carbocycles. The standard InChI is InChI=1S/C36H37N3O6/c1-36(2,3)44-35(40)45-39-20-19-31(32(22-39)42-23-25-13-14-26-9-7-8-12-29(26)21-25)27-15-17-30(18-16-27)41-24-33-37-38-34(43-33)28-10-5-4-6-11-28/h4-18,21,31-32H,19-20,22-24H2,1-3H3. The fraction of sp³-hybridized carbons (Fsp3) is 0.306. The quantitative estimate of drug-likeness (QED) is 0.156. The number of hydrogen-bond acceptors (Lipinski definition) is 9. The molecule has 0 saturated carbocycles. The Kier molecular flexibility index (Phi) is 9.09. The molecular formula is C36H37N3O6. The topological polar surface area (TPSA) is 96.2 Å². The van der Waals surface area contributed by atoms with Gasteiger partial charge in [-0.1, -0.05) is 66.7 Å². The van der Waals surface area contributed by atoms with Gasteiger partial charge in [0.2, 0.25) is 5.89 Å². The molecular weight excluding hydrogens is 570 g/mol. The first-order valence-electron chi connectivity index (χ1n) is 15.1. The van der Waals surface area contributed by atoms with Crippen molar-refractivity contribution in [3.63, 3.8) is 0 Å². The van der Waals surface area contributed by atoms with E-state index in [1.54, 1.807) is 5.06 Å². The second-order valence-electron chi connectivity index (χ2n) is 12.1. The van der Waals surface area contributed by atoms with Gasteiger partial charge in [0.15, 0.2) is 6.61 Å². The lowest BCUT2D eigenvalue weighted by atomic mass is 9.87. The Morgan fingerprint density at radius 3 is 2.42 bits per heavy atom. The van der Waals surface area contributed by atoms with Gasteiger partial charge in [0.05, 0.1) is 19.3 Å². The van der Waals surface area contributed by atoms with Crippen LogP contribution in [0.15, 0.2) is 101 Å². The van der Waals surface area contributed by atoms with E-state index < -0.39 is 11.8 Å². The van der Waals surface area contributed by atoms with Gasteiger partial charge in [0, 0.05) is 18.0 Å². The van der Waals surface area contributed by atoms with E-state index >= 15 is 0 Å². The highest BCUT2D eigenvalue weighted by molar-refractivity contribution is 5.82. The average molecular weight is 608 g/mol. The molecule has 1 aliphatic rings. The van der Waals surface area contributed by atoms with Crippen molar-refractivity contribution in [2.75, 3.05) is 13.1 Å². The fourth-order valence-corrected chi connectivity index (χ4v) is 5.39. The summed E-state index contributed by atoms with van der Waals surface area (Å²) in [6.07, 6.45) is -0.211. The minimum atomic E-state index is -0.715. The highest BCUT2D eigenvalue weighted by atomic mass is 16.8. The van der Waals surface area contributed by atoms with Crippen molar-refractivity contribution in [2.24, 2.45) is 0 Å². The van der Waals surface area contributed by atoms with E-state index in [0.717, 1.165) is 23.1 Å². The second-order valence-corrected chi connectivity index (χ2v) is 12.1. The third kappa shape index (κ3) is 8.06. The summed E-state index contributed by atoms with van der Waals surface area (Å²) >= 11 is 0. The molecule has 2 unspecified atom stereocenters. The molecule has 0 amide bonds. The molecule has 1 fully saturated rings. The van der Waals surface area contributed by atoms with Gasteiger partial charge in [0.1, 0.15) is 11.4 Å². The molecule has 0 N–H and O–H groups in total. The minimum Gasteiger partial charge on any atom is -0.484 e. The van der Waals surface area contributed by atoms with Gasteiger partial charge in [-0.2, -0.15) is 0 Å². The summed E-state index contributed by atoms with van der Waals surface area (Å²) in [6.45, 7) is 7.00. The first-order chi connectivity index (χ1) is 21.8. The Bertz CT molecular complexity index is 1710. The predicted molar refractivity (Wildman–Crippen MR) is 169 cm³/mol. The maximum Gasteiger partial charge on any atom is 0.528 e. The zero-order valence-electron chi connectivity index (χ0n) is 25.7. The average Bonchev–Trinajstić information content (AvgIpc) is 3.52. The summed E-state index contributed by atoms with van der Waals surface area (Å²) in [5.41, 5.74) is 2.42. The number of carbonyl (C=O) groups excluding carboxylic acids is 1. The van der Waals surface area contributed by atoms with Crippen LogP contribution < -0.4 is 4.74 Å². The van der Waals surface area contributed by atoms with Crippen LogP contribution in [0, 0.1) is 0 Å². The van der Waals surface area contributed by atoms with Gasteiger partial charge in [-0.15, -0.1) is 15.3 Å². The van der Waals surface area contributed by atoms with Crippen molar-refractivity contribution in [3.8, 4) is 17.2 Å². The van der Waals surface area contributed by atoms with Gasteiger partial charge < -0.3 is 23.5 Å². The van der Waals surface area contributed by atoms with E-state index in [-0.39, 0.29) is 18.6 Å². The molecule has 6 rings (SSSR count). The van der Waals surface area contributed by atoms with Crippen molar-refractivity contribution in [2.45, 2.75) is 58.0 Å². The molecule has 9 heteroatoms. The first-order valence-corrected chi connectivity index (χ1v) is 15.1.